The first-order valence-corrected chi connectivity index (χ1v) is 10.6. The van der Waals surface area contributed by atoms with E-state index in [1.807, 2.05) is 18.2 Å². The van der Waals surface area contributed by atoms with Gasteiger partial charge in [0.1, 0.15) is 37.0 Å². The minimum Gasteiger partial charge on any atom is -0.491 e. The van der Waals surface area contributed by atoms with E-state index in [1.54, 1.807) is 12.1 Å². The normalized spacial score (nSPS) is 24.5. The van der Waals surface area contributed by atoms with E-state index >= 15 is 0 Å². The van der Waals surface area contributed by atoms with Crippen LogP contribution in [-0.4, -0.2) is 83.3 Å². The van der Waals surface area contributed by atoms with Gasteiger partial charge in [0.25, 0.3) is 0 Å². The lowest BCUT2D eigenvalue weighted by Gasteiger charge is -2.19. The molecule has 5 atom stereocenters. The maximum atomic E-state index is 10.5. The average Bonchev–Trinajstić information content (AvgIpc) is 3.29. The average molecular weight is 449 g/mol. The number of nitrogens with two attached hydrogens (primary N) is 1. The van der Waals surface area contributed by atoms with Gasteiger partial charge in [0.2, 0.25) is 0 Å². The van der Waals surface area contributed by atoms with Gasteiger partial charge >= 0.3 is 0 Å². The summed E-state index contributed by atoms with van der Waals surface area (Å²) in [5.74, 6) is 1.01. The minimum atomic E-state index is -1.32. The molecular weight excluding hydrogens is 426 g/mol. The summed E-state index contributed by atoms with van der Waals surface area (Å²) in [6.45, 7) is -0.385. The Morgan fingerprint density at radius 1 is 1.19 bits per heavy atom. The molecule has 1 aliphatic heterocycles. The van der Waals surface area contributed by atoms with Crippen molar-refractivity contribution in [2.45, 2.75) is 35.8 Å². The number of nitrogens with zero attached hydrogens (tertiary/aromatic N) is 4. The second-order valence-electron chi connectivity index (χ2n) is 7.01. The van der Waals surface area contributed by atoms with Crippen LogP contribution in [-0.2, 0) is 4.74 Å². The van der Waals surface area contributed by atoms with E-state index in [9.17, 15) is 20.4 Å². The first-order chi connectivity index (χ1) is 15.0. The zero-order chi connectivity index (χ0) is 22.0. The van der Waals surface area contributed by atoms with Crippen molar-refractivity contribution in [1.82, 2.24) is 19.5 Å². The molecule has 1 aliphatic rings. The van der Waals surface area contributed by atoms with Gasteiger partial charge in [-0.2, -0.15) is 0 Å². The fraction of sp³-hybridized carbons (Fsp3) is 0.421. The zero-order valence-electron chi connectivity index (χ0n) is 16.4. The number of hydrogen-bond donors (Lipinski definition) is 5. The predicted molar refractivity (Wildman–Crippen MR) is 111 cm³/mol. The Morgan fingerprint density at radius 3 is 2.68 bits per heavy atom. The van der Waals surface area contributed by atoms with Crippen molar-refractivity contribution in [3.05, 3.63) is 36.7 Å². The lowest BCUT2D eigenvalue weighted by atomic mass is 10.1. The van der Waals surface area contributed by atoms with Crippen molar-refractivity contribution in [3.8, 4) is 5.75 Å². The number of aliphatic hydroxyl groups is 4. The molecule has 1 saturated heterocycles. The van der Waals surface area contributed by atoms with Crippen molar-refractivity contribution in [2.24, 2.45) is 0 Å². The number of anilines is 1. The van der Waals surface area contributed by atoms with Crippen molar-refractivity contribution >= 4 is 28.7 Å². The zero-order valence-corrected chi connectivity index (χ0v) is 17.2. The highest BCUT2D eigenvalue weighted by Crippen LogP contribution is 2.36. The van der Waals surface area contributed by atoms with Crippen LogP contribution in [0, 0.1) is 0 Å². The topological polar surface area (TPSA) is 169 Å². The van der Waals surface area contributed by atoms with E-state index in [0.29, 0.717) is 22.1 Å². The van der Waals surface area contributed by atoms with Gasteiger partial charge in [0.05, 0.1) is 12.7 Å². The highest BCUT2D eigenvalue weighted by molar-refractivity contribution is 7.99. The summed E-state index contributed by atoms with van der Waals surface area (Å²) in [5, 5.41) is 40.7. The number of fused-ring (bicyclic) bond motifs is 1. The SMILES string of the molecule is Nc1ncnc2c1nc(SC[C@H](O)COc1ccccc1)n2[C@@H]1O[C@H](CO)[C@@H](O)[C@H]1O. The molecular formula is C19H23N5O6S. The number of ether oxygens (including phenoxy) is 2. The summed E-state index contributed by atoms with van der Waals surface area (Å²) in [6.07, 6.45) is -4.17. The van der Waals surface area contributed by atoms with Gasteiger partial charge in [0, 0.05) is 5.75 Å². The molecule has 4 rings (SSSR count). The van der Waals surface area contributed by atoms with E-state index in [-0.39, 0.29) is 18.2 Å². The second kappa shape index (κ2) is 9.34. The number of para-hydroxylation sites is 1. The van der Waals surface area contributed by atoms with Crippen LogP contribution in [0.4, 0.5) is 5.82 Å². The Balaban J connectivity index is 1.54. The number of hydrogen-bond acceptors (Lipinski definition) is 11. The first kappa shape index (κ1) is 21.7. The number of imidazole rings is 1. The van der Waals surface area contributed by atoms with Gasteiger partial charge in [-0.25, -0.2) is 15.0 Å². The minimum absolute atomic E-state index is 0.0764. The van der Waals surface area contributed by atoms with Gasteiger partial charge in [-0.05, 0) is 12.1 Å². The molecule has 0 spiro atoms. The Hall–Kier alpha value is -2.48. The lowest BCUT2D eigenvalue weighted by Crippen LogP contribution is -2.33. The summed E-state index contributed by atoms with van der Waals surface area (Å²) >= 11 is 1.19. The third kappa shape index (κ3) is 4.44. The Kier molecular flexibility index (Phi) is 6.55. The number of thioether (sulfide) groups is 1. The molecule has 0 aliphatic carbocycles. The monoisotopic (exact) mass is 449 g/mol. The predicted octanol–water partition coefficient (Wildman–Crippen LogP) is -0.448. The molecule has 0 saturated carbocycles. The van der Waals surface area contributed by atoms with Gasteiger partial charge in [-0.15, -0.1) is 0 Å². The standard InChI is InChI=1S/C19H23N5O6S/c20-16-13-17(22-9-21-16)24(18-15(28)14(27)12(6-25)30-18)19(23-13)31-8-10(26)7-29-11-4-2-1-3-5-11/h1-5,9-10,12,14-15,18,25-28H,6-8H2,(H2,20,21,22)/t10-,12-,14-,15-,18-/m1/s1. The number of aromatic nitrogens is 4. The summed E-state index contributed by atoms with van der Waals surface area (Å²) < 4.78 is 12.7. The molecule has 2 aromatic heterocycles. The van der Waals surface area contributed by atoms with Gasteiger partial charge in [0.15, 0.2) is 28.4 Å². The van der Waals surface area contributed by atoms with E-state index in [0.717, 1.165) is 0 Å². The van der Waals surface area contributed by atoms with E-state index < -0.39 is 37.3 Å². The van der Waals surface area contributed by atoms with Crippen LogP contribution < -0.4 is 10.5 Å². The molecule has 1 fully saturated rings. The van der Waals surface area contributed by atoms with Crippen LogP contribution in [0.2, 0.25) is 0 Å². The van der Waals surface area contributed by atoms with E-state index in [4.69, 9.17) is 15.2 Å². The summed E-state index contributed by atoms with van der Waals surface area (Å²) in [4.78, 5) is 12.6. The molecule has 3 heterocycles. The van der Waals surface area contributed by atoms with Crippen LogP contribution >= 0.6 is 11.8 Å². The number of rotatable bonds is 8. The van der Waals surface area contributed by atoms with Crippen LogP contribution in [0.15, 0.2) is 41.8 Å². The Bertz CT molecular complexity index is 1020. The van der Waals surface area contributed by atoms with Crippen LogP contribution in [0.3, 0.4) is 0 Å². The van der Waals surface area contributed by atoms with Crippen molar-refractivity contribution in [3.63, 3.8) is 0 Å². The third-order valence-corrected chi connectivity index (χ3v) is 5.93. The molecule has 0 radical (unpaired) electrons. The molecule has 3 aromatic rings. The van der Waals surface area contributed by atoms with E-state index in [1.165, 1.54) is 22.7 Å². The smallest absolute Gasteiger partial charge is 0.172 e. The summed E-state index contributed by atoms with van der Waals surface area (Å²) in [6, 6.07) is 9.14. The molecule has 0 unspecified atom stereocenters. The highest BCUT2D eigenvalue weighted by atomic mass is 32.2. The Labute approximate surface area is 181 Å². The fourth-order valence-corrected chi connectivity index (χ4v) is 4.18. The van der Waals surface area contributed by atoms with Gasteiger partial charge < -0.3 is 35.6 Å². The largest absolute Gasteiger partial charge is 0.491 e. The van der Waals surface area contributed by atoms with Crippen molar-refractivity contribution in [2.75, 3.05) is 24.7 Å². The number of benzene rings is 1. The summed E-state index contributed by atoms with van der Waals surface area (Å²) in [5.41, 5.74) is 6.53. The third-order valence-electron chi connectivity index (χ3n) is 4.84. The van der Waals surface area contributed by atoms with Crippen LogP contribution in [0.5, 0.6) is 5.75 Å². The molecule has 166 valence electrons. The quantitative estimate of drug-likeness (QED) is 0.282. The summed E-state index contributed by atoms with van der Waals surface area (Å²) in [7, 11) is 0. The van der Waals surface area contributed by atoms with Crippen LogP contribution in [0.25, 0.3) is 11.2 Å². The van der Waals surface area contributed by atoms with Crippen molar-refractivity contribution in [1.29, 1.82) is 0 Å². The number of nitrogen functional groups attached to an aromatic ring is 1. The lowest BCUT2D eigenvalue weighted by molar-refractivity contribution is -0.0548. The van der Waals surface area contributed by atoms with Crippen molar-refractivity contribution < 1.29 is 29.9 Å². The van der Waals surface area contributed by atoms with Gasteiger partial charge in [-0.1, -0.05) is 30.0 Å². The molecule has 6 N–H and O–H groups in total. The van der Waals surface area contributed by atoms with Gasteiger partial charge in [-0.3, -0.25) is 4.57 Å². The maximum absolute atomic E-state index is 10.5. The Morgan fingerprint density at radius 2 is 1.97 bits per heavy atom. The first-order valence-electron chi connectivity index (χ1n) is 9.59. The molecule has 11 nitrogen and oxygen atoms in total. The number of aliphatic hydroxyl groups excluding tert-OH is 4. The molecule has 1 aromatic carbocycles. The van der Waals surface area contributed by atoms with E-state index in [2.05, 4.69) is 15.0 Å². The molecule has 0 amide bonds. The molecule has 31 heavy (non-hydrogen) atoms. The molecule has 12 heteroatoms. The molecule has 0 bridgehead atoms. The maximum Gasteiger partial charge on any atom is 0.172 e. The highest BCUT2D eigenvalue weighted by Gasteiger charge is 2.45. The fourth-order valence-electron chi connectivity index (χ4n) is 3.26. The van der Waals surface area contributed by atoms with Crippen LogP contribution in [0.1, 0.15) is 6.23 Å². The second-order valence-corrected chi connectivity index (χ2v) is 8.00.